The van der Waals surface area contributed by atoms with Crippen LogP contribution in [-0.4, -0.2) is 38.8 Å². The number of carbonyl (C=O) groups is 1. The van der Waals surface area contributed by atoms with E-state index in [1.54, 1.807) is 44.8 Å². The normalized spacial score (nSPS) is 15.1. The number of hydrogen-bond donors (Lipinski definition) is 1. The Balaban J connectivity index is 1.73. The summed E-state index contributed by atoms with van der Waals surface area (Å²) in [6.45, 7) is 5.01. The summed E-state index contributed by atoms with van der Waals surface area (Å²) in [7, 11) is 4.85. The highest BCUT2D eigenvalue weighted by Gasteiger charge is 2.35. The van der Waals surface area contributed by atoms with Crippen LogP contribution in [0, 0.1) is 6.92 Å². The summed E-state index contributed by atoms with van der Waals surface area (Å²) in [4.78, 5) is 18.1. The van der Waals surface area contributed by atoms with E-state index in [2.05, 4.69) is 19.2 Å². The van der Waals surface area contributed by atoms with Crippen LogP contribution in [0.1, 0.15) is 39.4 Å². The van der Waals surface area contributed by atoms with E-state index in [0.717, 1.165) is 24.2 Å². The van der Waals surface area contributed by atoms with Crippen molar-refractivity contribution in [3.8, 4) is 17.2 Å². The average molecular weight is 467 g/mol. The minimum atomic E-state index is -0.169. The van der Waals surface area contributed by atoms with Gasteiger partial charge in [-0.1, -0.05) is 19.1 Å². The lowest BCUT2D eigenvalue weighted by Gasteiger charge is -2.36. The molecule has 4 rings (SSSR count). The van der Waals surface area contributed by atoms with Crippen molar-refractivity contribution in [1.29, 1.82) is 0 Å². The smallest absolute Gasteiger partial charge is 0.322 e. The molecule has 1 aliphatic rings. The zero-order chi connectivity index (χ0) is 23.5. The number of anilines is 1. The van der Waals surface area contributed by atoms with Gasteiger partial charge in [0.2, 0.25) is 0 Å². The first-order chi connectivity index (χ1) is 16.0. The van der Waals surface area contributed by atoms with Crippen LogP contribution in [0.2, 0.25) is 0 Å². The molecule has 0 fully saturated rings. The summed E-state index contributed by atoms with van der Waals surface area (Å²) in [5.41, 5.74) is 4.46. The fraction of sp³-hybridized carbons (Fsp3) is 0.346. The molecule has 1 atom stereocenters. The molecule has 6 nitrogen and oxygen atoms in total. The lowest BCUT2D eigenvalue weighted by molar-refractivity contribution is 0.195. The molecule has 3 aromatic rings. The molecule has 1 aliphatic heterocycles. The number of urea groups is 1. The summed E-state index contributed by atoms with van der Waals surface area (Å²) in [5, 5.41) is 3.06. The van der Waals surface area contributed by atoms with Crippen molar-refractivity contribution < 1.29 is 19.0 Å². The highest BCUT2D eigenvalue weighted by Crippen LogP contribution is 2.43. The fourth-order valence-electron chi connectivity index (χ4n) is 4.54. The molecule has 0 aliphatic carbocycles. The molecule has 174 valence electrons. The maximum absolute atomic E-state index is 13.6. The van der Waals surface area contributed by atoms with Crippen molar-refractivity contribution >= 4 is 23.1 Å². The SMILES string of the molecule is CCc1c(C)sc2c1CCN(C(=O)Nc1cc(OC)ccc1OC)[C@@H]2c1ccc(OC)cc1. The van der Waals surface area contributed by atoms with Gasteiger partial charge in [0.1, 0.15) is 17.2 Å². The van der Waals surface area contributed by atoms with Gasteiger partial charge in [0, 0.05) is 22.4 Å². The van der Waals surface area contributed by atoms with Gasteiger partial charge in [0.05, 0.1) is 33.1 Å². The van der Waals surface area contributed by atoms with E-state index >= 15 is 0 Å². The number of amides is 2. The molecule has 0 spiro atoms. The summed E-state index contributed by atoms with van der Waals surface area (Å²) < 4.78 is 16.1. The minimum Gasteiger partial charge on any atom is -0.497 e. The van der Waals surface area contributed by atoms with E-state index in [0.29, 0.717) is 23.7 Å². The van der Waals surface area contributed by atoms with Crippen LogP contribution in [0.25, 0.3) is 0 Å². The highest BCUT2D eigenvalue weighted by molar-refractivity contribution is 7.12. The molecule has 2 aromatic carbocycles. The van der Waals surface area contributed by atoms with Crippen LogP contribution in [-0.2, 0) is 12.8 Å². The first kappa shape index (κ1) is 23.0. The van der Waals surface area contributed by atoms with Crippen molar-refractivity contribution in [2.24, 2.45) is 0 Å². The van der Waals surface area contributed by atoms with Gasteiger partial charge in [-0.15, -0.1) is 11.3 Å². The van der Waals surface area contributed by atoms with Crippen LogP contribution in [0.3, 0.4) is 0 Å². The molecule has 1 N–H and O–H groups in total. The average Bonchev–Trinajstić information content (AvgIpc) is 3.18. The summed E-state index contributed by atoms with van der Waals surface area (Å²) in [5.74, 6) is 2.03. The number of ether oxygens (including phenoxy) is 3. The largest absolute Gasteiger partial charge is 0.497 e. The number of fused-ring (bicyclic) bond motifs is 1. The fourth-order valence-corrected chi connectivity index (χ4v) is 5.99. The second-order valence-electron chi connectivity index (χ2n) is 7.95. The Kier molecular flexibility index (Phi) is 6.79. The van der Waals surface area contributed by atoms with Crippen LogP contribution < -0.4 is 19.5 Å². The molecule has 33 heavy (non-hydrogen) atoms. The number of nitrogens with one attached hydrogen (secondary N) is 1. The molecule has 0 radical (unpaired) electrons. The number of carbonyl (C=O) groups excluding carboxylic acids is 1. The third kappa shape index (κ3) is 4.37. The zero-order valence-corrected chi connectivity index (χ0v) is 20.5. The maximum atomic E-state index is 13.6. The summed E-state index contributed by atoms with van der Waals surface area (Å²) >= 11 is 1.80. The number of benzene rings is 2. The first-order valence-corrected chi connectivity index (χ1v) is 11.9. The monoisotopic (exact) mass is 466 g/mol. The van der Waals surface area contributed by atoms with Gasteiger partial charge in [-0.3, -0.25) is 0 Å². The van der Waals surface area contributed by atoms with Gasteiger partial charge in [0.15, 0.2) is 0 Å². The lowest BCUT2D eigenvalue weighted by Crippen LogP contribution is -2.42. The van der Waals surface area contributed by atoms with Crippen molar-refractivity contribution in [2.75, 3.05) is 33.2 Å². The number of nitrogens with zero attached hydrogens (tertiary/aromatic N) is 1. The van der Waals surface area contributed by atoms with Crippen LogP contribution >= 0.6 is 11.3 Å². The number of aryl methyl sites for hydroxylation is 1. The number of rotatable bonds is 6. The van der Waals surface area contributed by atoms with Crippen molar-refractivity contribution in [3.05, 3.63) is 68.9 Å². The standard InChI is InChI=1S/C26H30N2O4S/c1-6-20-16(2)33-25-21(20)13-14-28(24(25)17-7-9-18(30-3)10-8-17)26(29)27-22-15-19(31-4)11-12-23(22)32-5/h7-12,15,24H,6,13-14H2,1-5H3,(H,27,29)/t24-/m1/s1. The molecule has 0 unspecified atom stereocenters. The van der Waals surface area contributed by atoms with Crippen LogP contribution in [0.5, 0.6) is 17.2 Å². The topological polar surface area (TPSA) is 60.0 Å². The van der Waals surface area contributed by atoms with Crippen LogP contribution in [0.15, 0.2) is 42.5 Å². The Bertz CT molecular complexity index is 1140. The number of hydrogen-bond acceptors (Lipinski definition) is 5. The van der Waals surface area contributed by atoms with Gasteiger partial charge in [-0.25, -0.2) is 4.79 Å². The van der Waals surface area contributed by atoms with E-state index in [1.807, 2.05) is 35.2 Å². The van der Waals surface area contributed by atoms with Crippen molar-refractivity contribution in [3.63, 3.8) is 0 Å². The molecule has 1 aromatic heterocycles. The first-order valence-electron chi connectivity index (χ1n) is 11.0. The molecular weight excluding hydrogens is 436 g/mol. The van der Waals surface area contributed by atoms with Gasteiger partial charge in [-0.2, -0.15) is 0 Å². The zero-order valence-electron chi connectivity index (χ0n) is 19.7. The Hall–Kier alpha value is -3.19. The third-order valence-corrected chi connectivity index (χ3v) is 7.45. The number of methoxy groups -OCH3 is 3. The lowest BCUT2D eigenvalue weighted by atomic mass is 9.92. The number of thiophene rings is 1. The van der Waals surface area contributed by atoms with Crippen molar-refractivity contribution in [1.82, 2.24) is 4.90 Å². The van der Waals surface area contributed by atoms with Crippen molar-refractivity contribution in [2.45, 2.75) is 32.7 Å². The molecular formula is C26H30N2O4S. The Morgan fingerprint density at radius 3 is 2.39 bits per heavy atom. The summed E-state index contributed by atoms with van der Waals surface area (Å²) in [6.07, 6.45) is 1.85. The minimum absolute atomic E-state index is 0.166. The second kappa shape index (κ2) is 9.75. The maximum Gasteiger partial charge on any atom is 0.322 e. The van der Waals surface area contributed by atoms with E-state index in [-0.39, 0.29) is 12.1 Å². The van der Waals surface area contributed by atoms with E-state index in [9.17, 15) is 4.79 Å². The Morgan fingerprint density at radius 2 is 1.76 bits per heavy atom. The van der Waals surface area contributed by atoms with Gasteiger partial charge >= 0.3 is 6.03 Å². The molecule has 2 amide bonds. The third-order valence-electron chi connectivity index (χ3n) is 6.21. The van der Waals surface area contributed by atoms with E-state index in [4.69, 9.17) is 14.2 Å². The van der Waals surface area contributed by atoms with Gasteiger partial charge in [0.25, 0.3) is 0 Å². The summed E-state index contributed by atoms with van der Waals surface area (Å²) in [6, 6.07) is 13.0. The molecule has 0 saturated heterocycles. The predicted octanol–water partition coefficient (Wildman–Crippen LogP) is 5.82. The van der Waals surface area contributed by atoms with Gasteiger partial charge < -0.3 is 24.4 Å². The Morgan fingerprint density at radius 1 is 1.06 bits per heavy atom. The van der Waals surface area contributed by atoms with E-state index < -0.39 is 0 Å². The molecule has 2 heterocycles. The quantitative estimate of drug-likeness (QED) is 0.497. The second-order valence-corrected chi connectivity index (χ2v) is 9.20. The molecule has 7 heteroatoms. The van der Waals surface area contributed by atoms with E-state index in [1.165, 1.54) is 20.9 Å². The molecule has 0 saturated carbocycles. The molecule has 0 bridgehead atoms. The van der Waals surface area contributed by atoms with Gasteiger partial charge in [-0.05, 0) is 60.7 Å². The van der Waals surface area contributed by atoms with Crippen LogP contribution in [0.4, 0.5) is 10.5 Å². The highest BCUT2D eigenvalue weighted by atomic mass is 32.1. The predicted molar refractivity (Wildman–Crippen MR) is 132 cm³/mol. The Labute approximate surface area is 199 Å².